The van der Waals surface area contributed by atoms with E-state index in [-0.39, 0.29) is 5.69 Å². The number of hydrogen-bond acceptors (Lipinski definition) is 5. The van der Waals surface area contributed by atoms with Gasteiger partial charge in [-0.1, -0.05) is 0 Å². The maximum Gasteiger partial charge on any atom is 0.173 e. The molecule has 1 fully saturated rings. The smallest absolute Gasteiger partial charge is 0.173 e. The Hall–Kier alpha value is -1.96. The summed E-state index contributed by atoms with van der Waals surface area (Å²) >= 11 is 0. The zero-order chi connectivity index (χ0) is 10.4. The Labute approximate surface area is 87.1 Å². The number of nitriles is 1. The highest BCUT2D eigenvalue weighted by Gasteiger charge is 2.36. The Morgan fingerprint density at radius 2 is 2.53 bits per heavy atom. The number of nitrogens with two attached hydrogens (primary N) is 1. The van der Waals surface area contributed by atoms with E-state index in [0.717, 1.165) is 18.8 Å². The summed E-state index contributed by atoms with van der Waals surface area (Å²) in [6, 6.07) is 4.11. The third kappa shape index (κ3) is 1.05. The van der Waals surface area contributed by atoms with Gasteiger partial charge in [0.25, 0.3) is 0 Å². The van der Waals surface area contributed by atoms with E-state index < -0.39 is 0 Å². The minimum absolute atomic E-state index is 0.282. The molecule has 0 aliphatic carbocycles. The van der Waals surface area contributed by atoms with E-state index in [2.05, 4.69) is 9.88 Å². The first-order valence-electron chi connectivity index (χ1n) is 4.89. The number of hydrogen-bond donors (Lipinski definition) is 1. The Morgan fingerprint density at radius 3 is 3.20 bits per heavy atom. The summed E-state index contributed by atoms with van der Waals surface area (Å²) in [6.45, 7) is 1.68. The molecule has 0 saturated carbocycles. The van der Waals surface area contributed by atoms with Crippen molar-refractivity contribution in [3.8, 4) is 11.8 Å². The maximum absolute atomic E-state index is 8.84. The predicted octanol–water partition coefficient (Wildman–Crippen LogP) is 0.507. The first kappa shape index (κ1) is 8.36. The fraction of sp³-hybridized carbons (Fsp3) is 0.400. The quantitative estimate of drug-likeness (QED) is 0.663. The Kier molecular flexibility index (Phi) is 1.54. The highest BCUT2D eigenvalue weighted by molar-refractivity contribution is 5.65. The van der Waals surface area contributed by atoms with Crippen molar-refractivity contribution >= 4 is 11.5 Å². The molecule has 0 unspecified atom stereocenters. The summed E-state index contributed by atoms with van der Waals surface area (Å²) in [5.41, 5.74) is 6.34. The van der Waals surface area contributed by atoms with Crippen molar-refractivity contribution in [2.45, 2.75) is 12.5 Å². The third-order valence-corrected chi connectivity index (χ3v) is 2.95. The molecule has 76 valence electrons. The monoisotopic (exact) mass is 202 g/mol. The maximum atomic E-state index is 8.84. The molecule has 15 heavy (non-hydrogen) atoms. The Balaban J connectivity index is 2.12. The number of pyridine rings is 1. The molecule has 2 N–H and O–H groups in total. The minimum Gasteiger partial charge on any atom is -0.487 e. The molecule has 0 aromatic carbocycles. The van der Waals surface area contributed by atoms with Crippen LogP contribution in [0.15, 0.2) is 6.07 Å². The lowest BCUT2D eigenvalue weighted by atomic mass is 10.0. The van der Waals surface area contributed by atoms with Crippen LogP contribution in [0.2, 0.25) is 0 Å². The van der Waals surface area contributed by atoms with Crippen LogP contribution in [0.25, 0.3) is 0 Å². The fourth-order valence-corrected chi connectivity index (χ4v) is 1.98. The lowest BCUT2D eigenvalue weighted by Crippen LogP contribution is -2.54. The van der Waals surface area contributed by atoms with Gasteiger partial charge < -0.3 is 15.4 Å². The van der Waals surface area contributed by atoms with Crippen LogP contribution < -0.4 is 15.4 Å². The molecule has 1 saturated heterocycles. The minimum atomic E-state index is 0.282. The normalized spacial score (nSPS) is 21.8. The standard InChI is InChI=1S/C10H10N4O/c11-4-8-7(12)3-9-10(13-8)14-2-1-6(14)5-15-9/h3,6H,1-2,5,12H2/t6-/m0/s1. The van der Waals surface area contributed by atoms with Crippen LogP contribution in [0.5, 0.6) is 5.75 Å². The summed E-state index contributed by atoms with van der Waals surface area (Å²) in [5, 5.41) is 8.84. The van der Waals surface area contributed by atoms with Gasteiger partial charge in [0.2, 0.25) is 0 Å². The number of anilines is 2. The van der Waals surface area contributed by atoms with Gasteiger partial charge in [0.15, 0.2) is 17.3 Å². The zero-order valence-electron chi connectivity index (χ0n) is 8.10. The average molecular weight is 202 g/mol. The molecule has 1 atom stereocenters. The number of ether oxygens (including phenoxy) is 1. The zero-order valence-corrected chi connectivity index (χ0v) is 8.10. The van der Waals surface area contributed by atoms with Crippen LogP contribution in [0.1, 0.15) is 12.1 Å². The highest BCUT2D eigenvalue weighted by Crippen LogP contribution is 2.38. The van der Waals surface area contributed by atoms with E-state index in [1.165, 1.54) is 0 Å². The van der Waals surface area contributed by atoms with E-state index in [1.807, 2.05) is 6.07 Å². The molecule has 0 amide bonds. The van der Waals surface area contributed by atoms with Crippen molar-refractivity contribution in [3.05, 3.63) is 11.8 Å². The number of aromatic nitrogens is 1. The number of rotatable bonds is 0. The molecule has 5 heteroatoms. The summed E-state index contributed by atoms with van der Waals surface area (Å²) < 4.78 is 5.54. The summed E-state index contributed by atoms with van der Waals surface area (Å²) in [5.74, 6) is 1.46. The molecule has 1 aromatic rings. The van der Waals surface area contributed by atoms with Gasteiger partial charge in [0.1, 0.15) is 12.7 Å². The predicted molar refractivity (Wildman–Crippen MR) is 54.6 cm³/mol. The highest BCUT2D eigenvalue weighted by atomic mass is 16.5. The van der Waals surface area contributed by atoms with E-state index in [9.17, 15) is 0 Å². The Morgan fingerprint density at radius 1 is 1.67 bits per heavy atom. The number of nitrogen functional groups attached to an aromatic ring is 1. The second-order valence-electron chi connectivity index (χ2n) is 3.81. The summed E-state index contributed by atoms with van der Waals surface area (Å²) in [7, 11) is 0. The van der Waals surface area contributed by atoms with Crippen LogP contribution in [-0.4, -0.2) is 24.2 Å². The van der Waals surface area contributed by atoms with Crippen LogP contribution in [0.3, 0.4) is 0 Å². The summed E-state index contributed by atoms with van der Waals surface area (Å²) in [4.78, 5) is 6.39. The van der Waals surface area contributed by atoms with Crippen molar-refractivity contribution in [2.24, 2.45) is 0 Å². The largest absolute Gasteiger partial charge is 0.487 e. The third-order valence-electron chi connectivity index (χ3n) is 2.95. The van der Waals surface area contributed by atoms with E-state index >= 15 is 0 Å². The second kappa shape index (κ2) is 2.76. The molecule has 5 nitrogen and oxygen atoms in total. The second-order valence-corrected chi connectivity index (χ2v) is 3.81. The Bertz CT molecular complexity index is 465. The van der Waals surface area contributed by atoms with Crippen molar-refractivity contribution < 1.29 is 4.74 Å². The first-order valence-corrected chi connectivity index (χ1v) is 4.89. The van der Waals surface area contributed by atoms with Crippen LogP contribution in [-0.2, 0) is 0 Å². The lowest BCUT2D eigenvalue weighted by Gasteiger charge is -2.45. The van der Waals surface area contributed by atoms with Gasteiger partial charge in [-0.3, -0.25) is 0 Å². The molecule has 3 rings (SSSR count). The van der Waals surface area contributed by atoms with Gasteiger partial charge in [0.05, 0.1) is 11.7 Å². The van der Waals surface area contributed by atoms with Crippen LogP contribution in [0, 0.1) is 11.3 Å². The molecule has 0 spiro atoms. The van der Waals surface area contributed by atoms with Gasteiger partial charge in [-0.2, -0.15) is 5.26 Å². The van der Waals surface area contributed by atoms with Crippen LogP contribution in [0.4, 0.5) is 11.5 Å². The molecule has 2 aliphatic rings. The van der Waals surface area contributed by atoms with E-state index in [1.54, 1.807) is 6.07 Å². The lowest BCUT2D eigenvalue weighted by molar-refractivity contribution is 0.221. The molecular weight excluding hydrogens is 192 g/mol. The molecule has 3 heterocycles. The molecule has 2 aliphatic heterocycles. The van der Waals surface area contributed by atoms with E-state index in [4.69, 9.17) is 15.7 Å². The SMILES string of the molecule is N#Cc1nc2c(cc1N)OC[C@@H]1CCN21. The topological polar surface area (TPSA) is 75.2 Å². The molecule has 0 bridgehead atoms. The number of fused-ring (bicyclic) bond motifs is 3. The van der Waals surface area contributed by atoms with Crippen molar-refractivity contribution in [1.29, 1.82) is 5.26 Å². The average Bonchev–Trinajstić information content (AvgIpc) is 2.18. The molecule has 1 aromatic heterocycles. The van der Waals surface area contributed by atoms with Gasteiger partial charge in [0, 0.05) is 12.6 Å². The van der Waals surface area contributed by atoms with E-state index in [0.29, 0.717) is 24.1 Å². The van der Waals surface area contributed by atoms with Gasteiger partial charge >= 0.3 is 0 Å². The number of nitrogens with zero attached hydrogens (tertiary/aromatic N) is 3. The fourth-order valence-electron chi connectivity index (χ4n) is 1.98. The summed E-state index contributed by atoms with van der Waals surface area (Å²) in [6.07, 6.45) is 1.13. The van der Waals surface area contributed by atoms with Crippen molar-refractivity contribution in [1.82, 2.24) is 4.98 Å². The van der Waals surface area contributed by atoms with Gasteiger partial charge in [-0.15, -0.1) is 0 Å². The molecular formula is C10H10N4O. The molecule has 0 radical (unpaired) electrons. The van der Waals surface area contributed by atoms with Crippen molar-refractivity contribution in [3.63, 3.8) is 0 Å². The van der Waals surface area contributed by atoms with Gasteiger partial charge in [-0.25, -0.2) is 4.98 Å². The van der Waals surface area contributed by atoms with Gasteiger partial charge in [-0.05, 0) is 6.42 Å². The van der Waals surface area contributed by atoms with Crippen molar-refractivity contribution in [2.75, 3.05) is 23.8 Å². The van der Waals surface area contributed by atoms with Crippen LogP contribution >= 0.6 is 0 Å². The first-order chi connectivity index (χ1) is 7.29.